The van der Waals surface area contributed by atoms with Gasteiger partial charge in [-0.2, -0.15) is 0 Å². The number of nitrogens with zero attached hydrogens (tertiary/aromatic N) is 3. The monoisotopic (exact) mass is 241 g/mol. The Morgan fingerprint density at radius 1 is 0.941 bits per heavy atom. The quantitative estimate of drug-likeness (QED) is 0.547. The van der Waals surface area contributed by atoms with Crippen LogP contribution < -0.4 is 0 Å². The predicted octanol–water partition coefficient (Wildman–Crippen LogP) is 2.32. The first kappa shape index (κ1) is 14.0. The second-order valence-electron chi connectivity index (χ2n) is 4.44. The predicted molar refractivity (Wildman–Crippen MR) is 68.3 cm³/mol. The van der Waals surface area contributed by atoms with Crippen LogP contribution in [0.3, 0.4) is 0 Å². The van der Waals surface area contributed by atoms with Gasteiger partial charge in [-0.1, -0.05) is 17.2 Å². The lowest BCUT2D eigenvalue weighted by atomic mass is 10.0. The molecule has 1 aliphatic heterocycles. The van der Waals surface area contributed by atoms with Crippen molar-refractivity contribution in [3.63, 3.8) is 0 Å². The number of hydrogen-bond donors (Lipinski definition) is 2. The van der Waals surface area contributed by atoms with Gasteiger partial charge >= 0.3 is 0 Å². The molecule has 0 atom stereocenters. The Morgan fingerprint density at radius 3 is 1.76 bits per heavy atom. The summed E-state index contributed by atoms with van der Waals surface area (Å²) in [5, 5.41) is 24.4. The van der Waals surface area contributed by atoms with Crippen LogP contribution in [0.25, 0.3) is 0 Å². The minimum absolute atomic E-state index is 0.539. The summed E-state index contributed by atoms with van der Waals surface area (Å²) in [7, 11) is 0. The molecule has 1 rings (SSSR count). The van der Waals surface area contributed by atoms with Gasteiger partial charge in [0, 0.05) is 0 Å². The van der Waals surface area contributed by atoms with Crippen LogP contribution in [0.4, 0.5) is 0 Å². The van der Waals surface area contributed by atoms with E-state index in [1.165, 1.54) is 0 Å². The summed E-state index contributed by atoms with van der Waals surface area (Å²) in [5.74, 6) is 0. The second kappa shape index (κ2) is 8.06. The summed E-state index contributed by atoms with van der Waals surface area (Å²) in [6, 6.07) is 0. The van der Waals surface area contributed by atoms with Crippen molar-refractivity contribution >= 4 is 11.4 Å². The summed E-state index contributed by atoms with van der Waals surface area (Å²) in [6.07, 6.45) is 5.49. The highest BCUT2D eigenvalue weighted by Gasteiger charge is 2.13. The lowest BCUT2D eigenvalue weighted by Gasteiger charge is -2.19. The molecule has 0 aromatic heterocycles. The molecule has 0 aromatic rings. The second-order valence-corrected chi connectivity index (χ2v) is 4.44. The molecule has 1 aliphatic rings. The van der Waals surface area contributed by atoms with Crippen LogP contribution in [-0.2, 0) is 0 Å². The van der Waals surface area contributed by atoms with Crippen molar-refractivity contribution < 1.29 is 10.4 Å². The maximum atomic E-state index is 8.93. The van der Waals surface area contributed by atoms with Gasteiger partial charge in [0.1, 0.15) is 11.4 Å². The minimum Gasteiger partial charge on any atom is -0.411 e. The van der Waals surface area contributed by atoms with Crippen LogP contribution >= 0.6 is 0 Å². The zero-order valence-electron chi connectivity index (χ0n) is 10.6. The lowest BCUT2D eigenvalue weighted by molar-refractivity contribution is 0.277. The van der Waals surface area contributed by atoms with E-state index in [0.717, 1.165) is 45.3 Å². The van der Waals surface area contributed by atoms with Crippen LogP contribution in [0.2, 0.25) is 0 Å². The first-order valence-corrected chi connectivity index (χ1v) is 6.46. The van der Waals surface area contributed by atoms with E-state index in [0.29, 0.717) is 24.3 Å². The van der Waals surface area contributed by atoms with Gasteiger partial charge in [0.25, 0.3) is 0 Å². The molecule has 0 amide bonds. The van der Waals surface area contributed by atoms with Crippen molar-refractivity contribution in [3.8, 4) is 0 Å². The summed E-state index contributed by atoms with van der Waals surface area (Å²) >= 11 is 0. The maximum Gasteiger partial charge on any atom is 0.104 e. The van der Waals surface area contributed by atoms with E-state index in [1.54, 1.807) is 0 Å². The first-order chi connectivity index (χ1) is 8.31. The van der Waals surface area contributed by atoms with Gasteiger partial charge in [0.15, 0.2) is 0 Å². The van der Waals surface area contributed by atoms with E-state index in [-0.39, 0.29) is 0 Å². The Bertz CT molecular complexity index is 251. The summed E-state index contributed by atoms with van der Waals surface area (Å²) in [4.78, 5) is 2.44. The molecule has 0 spiro atoms. The zero-order valence-corrected chi connectivity index (χ0v) is 10.6. The van der Waals surface area contributed by atoms with Gasteiger partial charge in [-0.05, 0) is 58.2 Å². The maximum absolute atomic E-state index is 8.93. The molecule has 1 heterocycles. The molecule has 0 aliphatic carbocycles. The molecular weight excluding hydrogens is 218 g/mol. The third kappa shape index (κ3) is 4.73. The first-order valence-electron chi connectivity index (χ1n) is 6.46. The third-order valence-corrected chi connectivity index (χ3v) is 3.30. The standard InChI is InChI=1S/C12H23N3O2/c1-2-15-9-5-3-7-11(13-16)12(14-17)8-4-6-10-15/h16-17H,2-10H2,1H3/b13-11-,14-12-. The molecule has 0 radical (unpaired) electrons. The Labute approximate surface area is 103 Å². The largest absolute Gasteiger partial charge is 0.411 e. The Balaban J connectivity index is 2.60. The van der Waals surface area contributed by atoms with Gasteiger partial charge in [-0.15, -0.1) is 0 Å². The van der Waals surface area contributed by atoms with Crippen molar-refractivity contribution in [2.45, 2.75) is 45.4 Å². The molecule has 0 unspecified atom stereocenters. The van der Waals surface area contributed by atoms with Crippen molar-refractivity contribution in [3.05, 3.63) is 0 Å². The van der Waals surface area contributed by atoms with E-state index in [1.807, 2.05) is 0 Å². The van der Waals surface area contributed by atoms with E-state index < -0.39 is 0 Å². The zero-order chi connectivity index (χ0) is 12.5. The topological polar surface area (TPSA) is 68.4 Å². The Morgan fingerprint density at radius 2 is 1.41 bits per heavy atom. The molecule has 98 valence electrons. The van der Waals surface area contributed by atoms with Crippen molar-refractivity contribution in [2.75, 3.05) is 19.6 Å². The van der Waals surface area contributed by atoms with Crippen molar-refractivity contribution in [1.82, 2.24) is 4.90 Å². The van der Waals surface area contributed by atoms with Crippen LogP contribution in [0, 0.1) is 0 Å². The average molecular weight is 241 g/mol. The highest BCUT2D eigenvalue weighted by molar-refractivity contribution is 6.42. The normalized spacial score (nSPS) is 25.9. The van der Waals surface area contributed by atoms with E-state index >= 15 is 0 Å². The number of oxime groups is 2. The Kier molecular flexibility index (Phi) is 6.62. The summed E-state index contributed by atoms with van der Waals surface area (Å²) in [6.45, 7) is 5.46. The smallest absolute Gasteiger partial charge is 0.104 e. The molecule has 0 aromatic carbocycles. The third-order valence-electron chi connectivity index (χ3n) is 3.30. The number of rotatable bonds is 1. The average Bonchev–Trinajstić information content (AvgIpc) is 2.41. The van der Waals surface area contributed by atoms with Crippen molar-refractivity contribution in [1.29, 1.82) is 0 Å². The van der Waals surface area contributed by atoms with Gasteiger partial charge in [0.2, 0.25) is 0 Å². The fourth-order valence-corrected chi connectivity index (χ4v) is 2.19. The van der Waals surface area contributed by atoms with Gasteiger partial charge < -0.3 is 15.3 Å². The van der Waals surface area contributed by atoms with Gasteiger partial charge in [-0.25, -0.2) is 0 Å². The molecule has 5 heteroatoms. The molecule has 2 N–H and O–H groups in total. The summed E-state index contributed by atoms with van der Waals surface area (Å²) < 4.78 is 0. The highest BCUT2D eigenvalue weighted by Crippen LogP contribution is 2.10. The minimum atomic E-state index is 0.539. The molecule has 0 saturated carbocycles. The van der Waals surface area contributed by atoms with Crippen LogP contribution in [0.5, 0.6) is 0 Å². The fraction of sp³-hybridized carbons (Fsp3) is 0.833. The molecule has 0 bridgehead atoms. The van der Waals surface area contributed by atoms with E-state index in [2.05, 4.69) is 22.1 Å². The van der Waals surface area contributed by atoms with Gasteiger partial charge in [0.05, 0.1) is 0 Å². The Hall–Kier alpha value is -1.10. The molecular formula is C12H23N3O2. The van der Waals surface area contributed by atoms with Crippen molar-refractivity contribution in [2.24, 2.45) is 10.3 Å². The highest BCUT2D eigenvalue weighted by atomic mass is 16.4. The lowest BCUT2D eigenvalue weighted by Crippen LogP contribution is -2.25. The SMILES string of the molecule is CCN1CCCCC(=N/O)/C(=N\O)CCCC1. The van der Waals surface area contributed by atoms with Gasteiger partial charge in [-0.3, -0.25) is 0 Å². The molecule has 5 nitrogen and oxygen atoms in total. The fourth-order valence-electron chi connectivity index (χ4n) is 2.19. The number of hydrogen-bond acceptors (Lipinski definition) is 5. The van der Waals surface area contributed by atoms with Crippen LogP contribution in [0.15, 0.2) is 10.3 Å². The van der Waals surface area contributed by atoms with Crippen LogP contribution in [-0.4, -0.2) is 46.4 Å². The molecule has 1 saturated heterocycles. The van der Waals surface area contributed by atoms with E-state index in [9.17, 15) is 0 Å². The summed E-state index contributed by atoms with van der Waals surface area (Å²) in [5.41, 5.74) is 1.08. The van der Waals surface area contributed by atoms with E-state index in [4.69, 9.17) is 10.4 Å². The molecule has 1 fully saturated rings. The molecule has 17 heavy (non-hydrogen) atoms. The van der Waals surface area contributed by atoms with Crippen LogP contribution in [0.1, 0.15) is 45.4 Å².